The molecule has 0 heterocycles. The predicted molar refractivity (Wildman–Crippen MR) is 64.2 cm³/mol. The Bertz CT molecular complexity index is 160. The van der Waals surface area contributed by atoms with Gasteiger partial charge in [0, 0.05) is 32.8 Å². The van der Waals surface area contributed by atoms with E-state index in [1.165, 1.54) is 32.5 Å². The first-order chi connectivity index (χ1) is 7.26. The van der Waals surface area contributed by atoms with Crippen molar-refractivity contribution in [3.8, 4) is 0 Å². The van der Waals surface area contributed by atoms with Crippen LogP contribution >= 0.6 is 0 Å². The summed E-state index contributed by atoms with van der Waals surface area (Å²) in [5.41, 5.74) is 0. The van der Waals surface area contributed by atoms with E-state index in [1.54, 1.807) is 7.11 Å². The van der Waals surface area contributed by atoms with Crippen molar-refractivity contribution in [1.29, 1.82) is 0 Å². The topological polar surface area (TPSA) is 24.5 Å². The van der Waals surface area contributed by atoms with Crippen molar-refractivity contribution >= 4 is 0 Å². The van der Waals surface area contributed by atoms with E-state index in [0.717, 1.165) is 19.1 Å². The molecule has 3 nitrogen and oxygen atoms in total. The number of hydrogen-bond donors (Lipinski definition) is 1. The van der Waals surface area contributed by atoms with Crippen LogP contribution in [-0.2, 0) is 4.74 Å². The number of likely N-dealkylation sites (N-methyl/N-ethyl adjacent to an activating group) is 1. The molecule has 1 atom stereocenters. The molecule has 0 bridgehead atoms. The molecule has 0 amide bonds. The Morgan fingerprint density at radius 1 is 1.47 bits per heavy atom. The van der Waals surface area contributed by atoms with E-state index in [2.05, 4.69) is 24.1 Å². The lowest BCUT2D eigenvalue weighted by molar-refractivity contribution is 0.169. The molecule has 0 radical (unpaired) electrons. The first-order valence-corrected chi connectivity index (χ1v) is 6.21. The summed E-state index contributed by atoms with van der Waals surface area (Å²) in [5, 5.41) is 3.48. The molecule has 0 saturated heterocycles. The van der Waals surface area contributed by atoms with Crippen LogP contribution in [0.2, 0.25) is 0 Å². The van der Waals surface area contributed by atoms with Crippen molar-refractivity contribution in [2.24, 2.45) is 5.92 Å². The van der Waals surface area contributed by atoms with Crippen molar-refractivity contribution in [2.75, 3.05) is 39.9 Å². The lowest BCUT2D eigenvalue weighted by Crippen LogP contribution is -2.38. The summed E-state index contributed by atoms with van der Waals surface area (Å²) in [6.45, 7) is 9.94. The van der Waals surface area contributed by atoms with Crippen molar-refractivity contribution < 1.29 is 4.74 Å². The van der Waals surface area contributed by atoms with Crippen LogP contribution in [0.4, 0.5) is 0 Å². The zero-order valence-electron chi connectivity index (χ0n) is 10.5. The van der Waals surface area contributed by atoms with E-state index in [9.17, 15) is 0 Å². The van der Waals surface area contributed by atoms with Crippen LogP contribution in [0.15, 0.2) is 0 Å². The van der Waals surface area contributed by atoms with Crippen LogP contribution in [0, 0.1) is 5.92 Å². The summed E-state index contributed by atoms with van der Waals surface area (Å²) >= 11 is 0. The van der Waals surface area contributed by atoms with Gasteiger partial charge in [-0.15, -0.1) is 0 Å². The molecular weight excluding hydrogens is 188 g/mol. The summed E-state index contributed by atoms with van der Waals surface area (Å²) < 4.78 is 5.09. The Morgan fingerprint density at radius 2 is 2.20 bits per heavy atom. The van der Waals surface area contributed by atoms with Crippen molar-refractivity contribution in [3.63, 3.8) is 0 Å². The SMILES string of the molecule is CCN(CCNC(C)COC)CC1CC1. The normalized spacial score (nSPS) is 18.4. The minimum Gasteiger partial charge on any atom is -0.383 e. The smallest absolute Gasteiger partial charge is 0.0613 e. The number of ether oxygens (including phenoxy) is 1. The van der Waals surface area contributed by atoms with Gasteiger partial charge in [-0.25, -0.2) is 0 Å². The second-order valence-corrected chi connectivity index (χ2v) is 4.65. The molecule has 1 aliphatic carbocycles. The van der Waals surface area contributed by atoms with Gasteiger partial charge in [-0.1, -0.05) is 6.92 Å². The first-order valence-electron chi connectivity index (χ1n) is 6.21. The first kappa shape index (κ1) is 12.9. The lowest BCUT2D eigenvalue weighted by Gasteiger charge is -2.21. The van der Waals surface area contributed by atoms with Gasteiger partial charge in [0.2, 0.25) is 0 Å². The molecule has 1 fully saturated rings. The summed E-state index contributed by atoms with van der Waals surface area (Å²) in [7, 11) is 1.75. The van der Waals surface area contributed by atoms with Crippen LogP contribution in [-0.4, -0.2) is 50.8 Å². The maximum absolute atomic E-state index is 5.09. The van der Waals surface area contributed by atoms with Crippen LogP contribution in [0.1, 0.15) is 26.7 Å². The molecule has 1 aliphatic rings. The molecule has 3 heteroatoms. The van der Waals surface area contributed by atoms with Crippen molar-refractivity contribution in [3.05, 3.63) is 0 Å². The molecule has 1 unspecified atom stereocenters. The van der Waals surface area contributed by atoms with Gasteiger partial charge in [-0.2, -0.15) is 0 Å². The Labute approximate surface area is 94.2 Å². The zero-order chi connectivity index (χ0) is 11.1. The third-order valence-electron chi connectivity index (χ3n) is 3.00. The molecule has 0 aliphatic heterocycles. The third-order valence-corrected chi connectivity index (χ3v) is 3.00. The van der Waals surface area contributed by atoms with Crippen LogP contribution in [0.25, 0.3) is 0 Å². The van der Waals surface area contributed by atoms with Crippen molar-refractivity contribution in [1.82, 2.24) is 10.2 Å². The predicted octanol–water partition coefficient (Wildman–Crippen LogP) is 1.34. The maximum atomic E-state index is 5.09. The molecule has 0 aromatic rings. The van der Waals surface area contributed by atoms with E-state index in [0.29, 0.717) is 6.04 Å². The van der Waals surface area contributed by atoms with Gasteiger partial charge >= 0.3 is 0 Å². The van der Waals surface area contributed by atoms with E-state index in [4.69, 9.17) is 4.74 Å². The highest BCUT2D eigenvalue weighted by molar-refractivity contribution is 4.77. The fourth-order valence-electron chi connectivity index (χ4n) is 1.82. The second-order valence-electron chi connectivity index (χ2n) is 4.65. The zero-order valence-corrected chi connectivity index (χ0v) is 10.5. The molecule has 0 spiro atoms. The van der Waals surface area contributed by atoms with Gasteiger partial charge in [-0.3, -0.25) is 0 Å². The Morgan fingerprint density at radius 3 is 2.73 bits per heavy atom. The summed E-state index contributed by atoms with van der Waals surface area (Å²) in [4.78, 5) is 2.55. The van der Waals surface area contributed by atoms with Gasteiger partial charge in [0.05, 0.1) is 6.61 Å². The summed E-state index contributed by atoms with van der Waals surface area (Å²) in [6.07, 6.45) is 2.90. The van der Waals surface area contributed by atoms with Gasteiger partial charge < -0.3 is 15.0 Å². The number of methoxy groups -OCH3 is 1. The lowest BCUT2D eigenvalue weighted by atomic mass is 10.3. The van der Waals surface area contributed by atoms with E-state index in [1.807, 2.05) is 0 Å². The third kappa shape index (κ3) is 6.13. The number of rotatable bonds is 9. The van der Waals surface area contributed by atoms with E-state index in [-0.39, 0.29) is 0 Å². The largest absolute Gasteiger partial charge is 0.383 e. The fraction of sp³-hybridized carbons (Fsp3) is 1.00. The van der Waals surface area contributed by atoms with E-state index < -0.39 is 0 Å². The quantitative estimate of drug-likeness (QED) is 0.627. The highest BCUT2D eigenvalue weighted by Gasteiger charge is 2.23. The number of hydrogen-bond acceptors (Lipinski definition) is 3. The van der Waals surface area contributed by atoms with Crippen molar-refractivity contribution in [2.45, 2.75) is 32.7 Å². The monoisotopic (exact) mass is 214 g/mol. The molecule has 90 valence electrons. The minimum atomic E-state index is 0.467. The number of nitrogens with zero attached hydrogens (tertiary/aromatic N) is 1. The molecular formula is C12H26N2O. The van der Waals surface area contributed by atoms with Crippen LogP contribution in [0.5, 0.6) is 0 Å². The average Bonchev–Trinajstić information content (AvgIpc) is 3.00. The Balaban J connectivity index is 2.00. The highest BCUT2D eigenvalue weighted by Crippen LogP contribution is 2.29. The Hall–Kier alpha value is -0.120. The maximum Gasteiger partial charge on any atom is 0.0613 e. The molecule has 1 N–H and O–H groups in total. The fourth-order valence-corrected chi connectivity index (χ4v) is 1.82. The van der Waals surface area contributed by atoms with Crippen LogP contribution < -0.4 is 5.32 Å². The molecule has 0 aromatic heterocycles. The highest BCUT2D eigenvalue weighted by atomic mass is 16.5. The van der Waals surface area contributed by atoms with Gasteiger partial charge in [0.15, 0.2) is 0 Å². The number of nitrogens with one attached hydrogen (secondary N) is 1. The summed E-state index contributed by atoms with van der Waals surface area (Å²) in [6, 6.07) is 0.467. The van der Waals surface area contributed by atoms with Gasteiger partial charge in [0.1, 0.15) is 0 Å². The van der Waals surface area contributed by atoms with Gasteiger partial charge in [-0.05, 0) is 32.2 Å². The average molecular weight is 214 g/mol. The van der Waals surface area contributed by atoms with Crippen LogP contribution in [0.3, 0.4) is 0 Å². The Kier molecular flexibility index (Phi) is 6.22. The minimum absolute atomic E-state index is 0.467. The molecule has 0 aromatic carbocycles. The molecule has 1 rings (SSSR count). The van der Waals surface area contributed by atoms with E-state index >= 15 is 0 Å². The second kappa shape index (κ2) is 7.20. The molecule has 1 saturated carbocycles. The molecule has 15 heavy (non-hydrogen) atoms. The summed E-state index contributed by atoms with van der Waals surface area (Å²) in [5.74, 6) is 1.00. The van der Waals surface area contributed by atoms with Gasteiger partial charge in [0.25, 0.3) is 0 Å². The standard InChI is InChI=1S/C12H26N2O/c1-4-14(9-12-5-6-12)8-7-13-11(2)10-15-3/h11-13H,4-10H2,1-3H3.